The average Bonchev–Trinajstić information content (AvgIpc) is 3.24. The van der Waals surface area contributed by atoms with Crippen LogP contribution in [-0.2, 0) is 9.47 Å². The van der Waals surface area contributed by atoms with Gasteiger partial charge < -0.3 is 36.6 Å². The zero-order chi connectivity index (χ0) is 27.7. The van der Waals surface area contributed by atoms with E-state index in [1.807, 2.05) is 45.0 Å². The second-order valence-electron chi connectivity index (χ2n) is 10.3. The standard InChI is InChI=1S/C28H38FN5O4/c1-28(2,3)38-27(36)32-14-6-7-20(30)16-37-17-21(31)15-33-26(35)25-24(18-10-12-19(29)13-11-18)22-8-4-5-9-23(22)34-25/h4-5,8-13,20-21,34H,6-7,14-17,30-31H2,1-3H3,(H,32,36)(H,33,35)/t20-,21+/m0/s1. The van der Waals surface area contributed by atoms with E-state index in [-0.39, 0.29) is 30.9 Å². The van der Waals surface area contributed by atoms with E-state index in [4.69, 9.17) is 20.9 Å². The molecule has 9 nitrogen and oxygen atoms in total. The van der Waals surface area contributed by atoms with Gasteiger partial charge in [-0.25, -0.2) is 9.18 Å². The Morgan fingerprint density at radius 1 is 1.00 bits per heavy atom. The normalized spacial score (nSPS) is 13.2. The molecule has 0 unspecified atom stereocenters. The number of rotatable bonds is 12. The molecule has 0 saturated carbocycles. The molecular formula is C28H38FN5O4. The largest absolute Gasteiger partial charge is 0.444 e. The molecule has 10 heteroatoms. The first-order valence-corrected chi connectivity index (χ1v) is 12.7. The quantitative estimate of drug-likeness (QED) is 0.227. The molecule has 1 heterocycles. The van der Waals surface area contributed by atoms with Crippen LogP contribution in [0.25, 0.3) is 22.0 Å². The molecule has 3 aromatic rings. The Kier molecular flexibility index (Phi) is 10.2. The fourth-order valence-electron chi connectivity index (χ4n) is 3.92. The molecule has 38 heavy (non-hydrogen) atoms. The summed E-state index contributed by atoms with van der Waals surface area (Å²) in [6, 6.07) is 13.0. The highest BCUT2D eigenvalue weighted by Gasteiger charge is 2.20. The molecule has 0 aliphatic carbocycles. The third-order valence-corrected chi connectivity index (χ3v) is 5.67. The molecule has 2 aromatic carbocycles. The highest BCUT2D eigenvalue weighted by atomic mass is 19.1. The fourth-order valence-corrected chi connectivity index (χ4v) is 3.92. The lowest BCUT2D eigenvalue weighted by Gasteiger charge is -2.20. The first-order valence-electron chi connectivity index (χ1n) is 12.7. The summed E-state index contributed by atoms with van der Waals surface area (Å²) in [6.07, 6.45) is 0.897. The molecule has 1 aromatic heterocycles. The van der Waals surface area contributed by atoms with Gasteiger partial charge in [0, 0.05) is 41.6 Å². The van der Waals surface area contributed by atoms with E-state index >= 15 is 0 Å². The van der Waals surface area contributed by atoms with Crippen molar-refractivity contribution < 1.29 is 23.5 Å². The SMILES string of the molecule is CC(C)(C)OC(=O)NCCC[C@H](N)COC[C@H](N)CNC(=O)c1[nH]c2ccccc2c1-c1ccc(F)cc1. The topological polar surface area (TPSA) is 144 Å². The highest BCUT2D eigenvalue weighted by molar-refractivity contribution is 6.09. The molecule has 0 saturated heterocycles. The van der Waals surface area contributed by atoms with Crippen LogP contribution >= 0.6 is 0 Å². The van der Waals surface area contributed by atoms with E-state index in [9.17, 15) is 14.0 Å². The number of hydrogen-bond donors (Lipinski definition) is 5. The van der Waals surface area contributed by atoms with Gasteiger partial charge in [-0.2, -0.15) is 0 Å². The maximum atomic E-state index is 13.5. The Balaban J connectivity index is 1.43. The van der Waals surface area contributed by atoms with Crippen LogP contribution in [0.3, 0.4) is 0 Å². The average molecular weight is 528 g/mol. The Morgan fingerprint density at radius 3 is 2.39 bits per heavy atom. The number of amides is 2. The van der Waals surface area contributed by atoms with Gasteiger partial charge in [0.25, 0.3) is 5.91 Å². The van der Waals surface area contributed by atoms with Gasteiger partial charge in [-0.15, -0.1) is 0 Å². The van der Waals surface area contributed by atoms with Crippen molar-refractivity contribution in [2.24, 2.45) is 11.5 Å². The summed E-state index contributed by atoms with van der Waals surface area (Å²) < 4.78 is 24.3. The van der Waals surface area contributed by atoms with Crippen LogP contribution in [0.4, 0.5) is 9.18 Å². The summed E-state index contributed by atoms with van der Waals surface area (Å²) in [4.78, 5) is 27.9. The van der Waals surface area contributed by atoms with E-state index in [0.29, 0.717) is 37.3 Å². The first kappa shape index (κ1) is 29.1. The minimum absolute atomic E-state index is 0.200. The molecule has 0 aliphatic heterocycles. The van der Waals surface area contributed by atoms with Gasteiger partial charge in [-0.1, -0.05) is 30.3 Å². The number of carbonyl (C=O) groups is 2. The van der Waals surface area contributed by atoms with Gasteiger partial charge in [0.15, 0.2) is 0 Å². The molecule has 206 valence electrons. The number of alkyl carbamates (subject to hydrolysis) is 1. The number of fused-ring (bicyclic) bond motifs is 1. The number of nitrogens with two attached hydrogens (primary N) is 2. The van der Waals surface area contributed by atoms with E-state index < -0.39 is 17.7 Å². The number of benzene rings is 2. The molecule has 7 N–H and O–H groups in total. The van der Waals surface area contributed by atoms with Crippen LogP contribution in [0.15, 0.2) is 48.5 Å². The lowest BCUT2D eigenvalue weighted by atomic mass is 10.0. The van der Waals surface area contributed by atoms with E-state index in [1.54, 1.807) is 12.1 Å². The Morgan fingerprint density at radius 2 is 1.68 bits per heavy atom. The van der Waals surface area contributed by atoms with Gasteiger partial charge in [0.05, 0.1) is 13.2 Å². The summed E-state index contributed by atoms with van der Waals surface area (Å²) in [5.74, 6) is -0.659. The highest BCUT2D eigenvalue weighted by Crippen LogP contribution is 2.32. The second-order valence-corrected chi connectivity index (χ2v) is 10.3. The second kappa shape index (κ2) is 13.4. The molecule has 0 radical (unpaired) electrons. The zero-order valence-electron chi connectivity index (χ0n) is 22.2. The van der Waals surface area contributed by atoms with Crippen LogP contribution in [0.1, 0.15) is 44.1 Å². The third kappa shape index (κ3) is 8.83. The van der Waals surface area contributed by atoms with Crippen LogP contribution in [0.2, 0.25) is 0 Å². The minimum atomic E-state index is -0.535. The maximum Gasteiger partial charge on any atom is 0.407 e. The molecule has 0 fully saturated rings. The molecule has 0 aliphatic rings. The van der Waals surface area contributed by atoms with Crippen molar-refractivity contribution in [2.75, 3.05) is 26.3 Å². The number of halogens is 1. The summed E-state index contributed by atoms with van der Waals surface area (Å²) in [5, 5.41) is 6.42. The predicted molar refractivity (Wildman–Crippen MR) is 146 cm³/mol. The minimum Gasteiger partial charge on any atom is -0.444 e. The lowest BCUT2D eigenvalue weighted by molar-refractivity contribution is 0.0525. The van der Waals surface area contributed by atoms with E-state index in [0.717, 1.165) is 16.5 Å². The summed E-state index contributed by atoms with van der Waals surface area (Å²) in [7, 11) is 0. The van der Waals surface area contributed by atoms with Crippen molar-refractivity contribution in [3.05, 3.63) is 60.0 Å². The summed E-state index contributed by atoms with van der Waals surface area (Å²) >= 11 is 0. The van der Waals surface area contributed by atoms with Crippen LogP contribution < -0.4 is 22.1 Å². The number of carbonyl (C=O) groups excluding carboxylic acids is 2. The van der Waals surface area contributed by atoms with E-state index in [2.05, 4.69) is 15.6 Å². The lowest BCUT2D eigenvalue weighted by Crippen LogP contribution is -2.41. The number of nitrogens with one attached hydrogen (secondary N) is 3. The van der Waals surface area contributed by atoms with Crippen LogP contribution in [0.5, 0.6) is 0 Å². The van der Waals surface area contributed by atoms with Gasteiger partial charge in [0.1, 0.15) is 17.1 Å². The Hall–Kier alpha value is -3.47. The van der Waals surface area contributed by atoms with Gasteiger partial charge in [0.2, 0.25) is 0 Å². The van der Waals surface area contributed by atoms with Gasteiger partial charge >= 0.3 is 6.09 Å². The van der Waals surface area contributed by atoms with Crippen molar-refractivity contribution in [3.8, 4) is 11.1 Å². The Labute approximate surface area is 222 Å². The van der Waals surface area contributed by atoms with Crippen molar-refractivity contribution >= 4 is 22.9 Å². The van der Waals surface area contributed by atoms with Gasteiger partial charge in [-0.05, 0) is 57.4 Å². The first-order chi connectivity index (χ1) is 18.0. The number of para-hydroxylation sites is 1. The van der Waals surface area contributed by atoms with Crippen molar-refractivity contribution in [3.63, 3.8) is 0 Å². The monoisotopic (exact) mass is 527 g/mol. The summed E-state index contributed by atoms with van der Waals surface area (Å²) in [6.45, 7) is 6.62. The van der Waals surface area contributed by atoms with Crippen molar-refractivity contribution in [1.82, 2.24) is 15.6 Å². The summed E-state index contributed by atoms with van der Waals surface area (Å²) in [5.41, 5.74) is 14.3. The van der Waals surface area contributed by atoms with E-state index in [1.165, 1.54) is 12.1 Å². The smallest absolute Gasteiger partial charge is 0.407 e. The van der Waals surface area contributed by atoms with Crippen LogP contribution in [0, 0.1) is 5.82 Å². The third-order valence-electron chi connectivity index (χ3n) is 5.67. The predicted octanol–water partition coefficient (Wildman–Crippen LogP) is 3.68. The number of aromatic amines is 1. The Bertz CT molecular complexity index is 1210. The van der Waals surface area contributed by atoms with Gasteiger partial charge in [-0.3, -0.25) is 4.79 Å². The zero-order valence-corrected chi connectivity index (χ0v) is 22.2. The molecule has 2 atom stereocenters. The number of H-pyrrole nitrogens is 1. The number of hydrogen-bond acceptors (Lipinski definition) is 6. The van der Waals surface area contributed by atoms with Crippen LogP contribution in [-0.4, -0.2) is 61.0 Å². The molecule has 0 spiro atoms. The fraction of sp³-hybridized carbons (Fsp3) is 0.429. The molecule has 2 amide bonds. The number of ether oxygens (including phenoxy) is 2. The molecule has 0 bridgehead atoms. The molecule has 3 rings (SSSR count). The molecular weight excluding hydrogens is 489 g/mol. The maximum absolute atomic E-state index is 13.5. The number of aromatic nitrogens is 1. The van der Waals surface area contributed by atoms with Crippen molar-refractivity contribution in [1.29, 1.82) is 0 Å². The van der Waals surface area contributed by atoms with Crippen molar-refractivity contribution in [2.45, 2.75) is 51.3 Å².